The molecule has 0 saturated carbocycles. The van der Waals surface area contributed by atoms with Crippen LogP contribution in [-0.2, 0) is 16.1 Å². The molecule has 3 N–H and O–H groups in total. The standard InChI is InChI=1S/C16H23FN2O3/c17-15-4-2-1-3-13(15)10-22-11-14(20)9-19-7-5-12(6-8-19)16(18)21/h1-4,12,14,20H,5-11H2,(H2,18,21)/t14-/m0/s1. The predicted octanol–water partition coefficient (Wildman–Crippen LogP) is 0.901. The van der Waals surface area contributed by atoms with Crippen molar-refractivity contribution in [2.24, 2.45) is 11.7 Å². The van der Waals surface area contributed by atoms with E-state index in [4.69, 9.17) is 10.5 Å². The van der Waals surface area contributed by atoms with E-state index >= 15 is 0 Å². The van der Waals surface area contributed by atoms with Crippen molar-refractivity contribution in [3.63, 3.8) is 0 Å². The zero-order valence-electron chi connectivity index (χ0n) is 12.6. The minimum atomic E-state index is -0.628. The summed E-state index contributed by atoms with van der Waals surface area (Å²) < 4.78 is 18.8. The predicted molar refractivity (Wildman–Crippen MR) is 80.4 cm³/mol. The van der Waals surface area contributed by atoms with Gasteiger partial charge >= 0.3 is 0 Å². The maximum atomic E-state index is 13.4. The SMILES string of the molecule is NC(=O)C1CCN(C[C@H](O)COCc2ccccc2F)CC1. The third kappa shape index (κ3) is 5.05. The van der Waals surface area contributed by atoms with Crippen LogP contribution in [0.3, 0.4) is 0 Å². The molecule has 0 radical (unpaired) electrons. The van der Waals surface area contributed by atoms with Crippen LogP contribution in [0.15, 0.2) is 24.3 Å². The second kappa shape index (κ2) is 8.22. The van der Waals surface area contributed by atoms with Gasteiger partial charge in [0.15, 0.2) is 0 Å². The summed E-state index contributed by atoms with van der Waals surface area (Å²) in [6.07, 6.45) is 0.841. The van der Waals surface area contributed by atoms with Crippen molar-refractivity contribution in [1.29, 1.82) is 0 Å². The van der Waals surface area contributed by atoms with Gasteiger partial charge in [0, 0.05) is 18.0 Å². The summed E-state index contributed by atoms with van der Waals surface area (Å²) in [6, 6.07) is 6.43. The summed E-state index contributed by atoms with van der Waals surface area (Å²) >= 11 is 0. The summed E-state index contributed by atoms with van der Waals surface area (Å²) in [5, 5.41) is 9.97. The van der Waals surface area contributed by atoms with Crippen molar-refractivity contribution in [1.82, 2.24) is 4.90 Å². The molecule has 0 spiro atoms. The molecule has 1 aliphatic rings. The second-order valence-corrected chi connectivity index (χ2v) is 5.74. The van der Waals surface area contributed by atoms with Gasteiger partial charge < -0.3 is 20.5 Å². The number of hydrogen-bond donors (Lipinski definition) is 2. The van der Waals surface area contributed by atoms with E-state index in [0.717, 1.165) is 25.9 Å². The first-order valence-electron chi connectivity index (χ1n) is 7.57. The van der Waals surface area contributed by atoms with Gasteiger partial charge in [0.2, 0.25) is 5.91 Å². The second-order valence-electron chi connectivity index (χ2n) is 5.74. The Morgan fingerprint density at radius 1 is 1.41 bits per heavy atom. The lowest BCUT2D eigenvalue weighted by atomic mass is 9.96. The van der Waals surface area contributed by atoms with Crippen molar-refractivity contribution in [3.05, 3.63) is 35.6 Å². The number of nitrogens with two attached hydrogens (primary N) is 1. The van der Waals surface area contributed by atoms with E-state index in [1.165, 1.54) is 6.07 Å². The molecular weight excluding hydrogens is 287 g/mol. The number of amides is 1. The first-order valence-corrected chi connectivity index (χ1v) is 7.57. The van der Waals surface area contributed by atoms with Crippen LogP contribution in [0.5, 0.6) is 0 Å². The third-order valence-electron chi connectivity index (χ3n) is 3.98. The van der Waals surface area contributed by atoms with Gasteiger partial charge in [0.25, 0.3) is 0 Å². The van der Waals surface area contributed by atoms with Crippen LogP contribution in [0.2, 0.25) is 0 Å². The van der Waals surface area contributed by atoms with E-state index < -0.39 is 6.10 Å². The highest BCUT2D eigenvalue weighted by atomic mass is 19.1. The number of carbonyl (C=O) groups is 1. The average Bonchev–Trinajstić information content (AvgIpc) is 2.50. The largest absolute Gasteiger partial charge is 0.389 e. The lowest BCUT2D eigenvalue weighted by Gasteiger charge is -2.31. The van der Waals surface area contributed by atoms with E-state index in [2.05, 4.69) is 4.90 Å². The number of aliphatic hydroxyl groups excluding tert-OH is 1. The number of rotatable bonds is 7. The molecule has 1 aromatic carbocycles. The number of hydrogen-bond acceptors (Lipinski definition) is 4. The van der Waals surface area contributed by atoms with Crippen molar-refractivity contribution in [2.75, 3.05) is 26.2 Å². The summed E-state index contributed by atoms with van der Waals surface area (Å²) in [6.45, 7) is 2.29. The van der Waals surface area contributed by atoms with Crippen LogP contribution in [0.1, 0.15) is 18.4 Å². The van der Waals surface area contributed by atoms with Crippen molar-refractivity contribution < 1.29 is 19.0 Å². The van der Waals surface area contributed by atoms with Gasteiger partial charge in [-0.1, -0.05) is 18.2 Å². The molecule has 0 aromatic heterocycles. The van der Waals surface area contributed by atoms with Gasteiger partial charge in [-0.15, -0.1) is 0 Å². The number of likely N-dealkylation sites (tertiary alicyclic amines) is 1. The molecular formula is C16H23FN2O3. The zero-order valence-corrected chi connectivity index (χ0v) is 12.6. The topological polar surface area (TPSA) is 75.8 Å². The third-order valence-corrected chi connectivity index (χ3v) is 3.98. The van der Waals surface area contributed by atoms with Crippen molar-refractivity contribution in [2.45, 2.75) is 25.6 Å². The summed E-state index contributed by atoms with van der Waals surface area (Å²) in [4.78, 5) is 13.2. The van der Waals surface area contributed by atoms with Gasteiger partial charge in [0.05, 0.1) is 19.3 Å². The molecule has 2 rings (SSSR count). The number of nitrogens with zero attached hydrogens (tertiary/aromatic N) is 1. The molecule has 1 fully saturated rings. The lowest BCUT2D eigenvalue weighted by Crippen LogP contribution is -2.42. The molecule has 6 heteroatoms. The molecule has 22 heavy (non-hydrogen) atoms. The van der Waals surface area contributed by atoms with E-state index in [0.29, 0.717) is 12.1 Å². The number of piperidine rings is 1. The van der Waals surface area contributed by atoms with Crippen LogP contribution in [0, 0.1) is 11.7 Å². The highest BCUT2D eigenvalue weighted by molar-refractivity contribution is 5.76. The number of benzene rings is 1. The Morgan fingerprint density at radius 3 is 2.73 bits per heavy atom. The van der Waals surface area contributed by atoms with E-state index in [-0.39, 0.29) is 30.9 Å². The van der Waals surface area contributed by atoms with Gasteiger partial charge in [0.1, 0.15) is 5.82 Å². The number of β-amino-alcohol motifs (C(OH)–C–C–N with tert-alkyl or cyclic N) is 1. The number of carbonyl (C=O) groups excluding carboxylic acids is 1. The minimum absolute atomic E-state index is 0.0503. The quantitative estimate of drug-likeness (QED) is 0.784. The highest BCUT2D eigenvalue weighted by Gasteiger charge is 2.24. The fourth-order valence-electron chi connectivity index (χ4n) is 2.67. The lowest BCUT2D eigenvalue weighted by molar-refractivity contribution is -0.123. The average molecular weight is 310 g/mol. The molecule has 5 nitrogen and oxygen atoms in total. The number of halogens is 1. The molecule has 1 saturated heterocycles. The Balaban J connectivity index is 1.65. The van der Waals surface area contributed by atoms with Crippen molar-refractivity contribution >= 4 is 5.91 Å². The monoisotopic (exact) mass is 310 g/mol. The van der Waals surface area contributed by atoms with Gasteiger partial charge in [-0.05, 0) is 32.0 Å². The molecule has 1 atom stereocenters. The Morgan fingerprint density at radius 2 is 2.09 bits per heavy atom. The summed E-state index contributed by atoms with van der Waals surface area (Å²) in [5.41, 5.74) is 5.77. The Labute approximate surface area is 129 Å². The van der Waals surface area contributed by atoms with E-state index in [1.54, 1.807) is 18.2 Å². The molecule has 0 bridgehead atoms. The normalized spacial score (nSPS) is 18.3. The Bertz CT molecular complexity index is 490. The van der Waals surface area contributed by atoms with Gasteiger partial charge in [-0.3, -0.25) is 4.79 Å². The van der Waals surface area contributed by atoms with E-state index in [9.17, 15) is 14.3 Å². The maximum Gasteiger partial charge on any atom is 0.220 e. The van der Waals surface area contributed by atoms with E-state index in [1.807, 2.05) is 0 Å². The smallest absolute Gasteiger partial charge is 0.220 e. The Hall–Kier alpha value is -1.50. The van der Waals surface area contributed by atoms with Crippen LogP contribution >= 0.6 is 0 Å². The number of ether oxygens (including phenoxy) is 1. The number of aliphatic hydroxyl groups is 1. The first kappa shape index (κ1) is 16.9. The molecule has 0 unspecified atom stereocenters. The number of primary amides is 1. The fraction of sp³-hybridized carbons (Fsp3) is 0.562. The fourth-order valence-corrected chi connectivity index (χ4v) is 2.67. The van der Waals surface area contributed by atoms with Crippen molar-refractivity contribution in [3.8, 4) is 0 Å². The molecule has 1 aromatic rings. The molecule has 1 aliphatic heterocycles. The highest BCUT2D eigenvalue weighted by Crippen LogP contribution is 2.16. The zero-order chi connectivity index (χ0) is 15.9. The molecule has 1 amide bonds. The minimum Gasteiger partial charge on any atom is -0.389 e. The molecule has 1 heterocycles. The first-order chi connectivity index (χ1) is 10.6. The molecule has 0 aliphatic carbocycles. The van der Waals surface area contributed by atoms with Crippen LogP contribution in [0.4, 0.5) is 4.39 Å². The van der Waals surface area contributed by atoms with Crippen LogP contribution in [0.25, 0.3) is 0 Å². The molecule has 122 valence electrons. The summed E-state index contributed by atoms with van der Waals surface area (Å²) in [7, 11) is 0. The Kier molecular flexibility index (Phi) is 6.30. The maximum absolute atomic E-state index is 13.4. The van der Waals surface area contributed by atoms with Gasteiger partial charge in [-0.2, -0.15) is 0 Å². The summed E-state index contributed by atoms with van der Waals surface area (Å²) in [5.74, 6) is -0.593. The van der Waals surface area contributed by atoms with Crippen LogP contribution in [-0.4, -0.2) is 48.3 Å². The van der Waals surface area contributed by atoms with Crippen LogP contribution < -0.4 is 5.73 Å². The van der Waals surface area contributed by atoms with Gasteiger partial charge in [-0.25, -0.2) is 4.39 Å².